The number of carboxylic acids is 1. The number of nitrogens with zero attached hydrogens (tertiary/aromatic N) is 3. The lowest BCUT2D eigenvalue weighted by Crippen LogP contribution is -2.35. The summed E-state index contributed by atoms with van der Waals surface area (Å²) in [7, 11) is 0. The summed E-state index contributed by atoms with van der Waals surface area (Å²) in [4.78, 5) is 32.1. The highest BCUT2D eigenvalue weighted by Crippen LogP contribution is 2.32. The number of para-hydroxylation sites is 2. The van der Waals surface area contributed by atoms with Crippen LogP contribution in [0.25, 0.3) is 0 Å². The van der Waals surface area contributed by atoms with Crippen molar-refractivity contribution in [3.8, 4) is 0 Å². The van der Waals surface area contributed by atoms with Crippen molar-refractivity contribution in [3.05, 3.63) is 42.2 Å². The monoisotopic (exact) mass is 270 g/mol. The molecule has 0 saturated heterocycles. The first kappa shape index (κ1) is 12.1. The molecule has 1 aliphatic heterocycles. The molecule has 0 bridgehead atoms. The Kier molecular flexibility index (Phi) is 2.79. The number of carbonyl (C=O) groups is 2. The number of benzene rings is 1. The van der Waals surface area contributed by atoms with E-state index < -0.39 is 5.97 Å². The third-order valence-corrected chi connectivity index (χ3v) is 2.90. The van der Waals surface area contributed by atoms with Crippen LogP contribution in [0, 0.1) is 0 Å². The van der Waals surface area contributed by atoms with Crippen LogP contribution in [0.1, 0.15) is 10.4 Å². The Labute approximate surface area is 113 Å². The molecule has 0 aliphatic carbocycles. The Morgan fingerprint density at radius 1 is 1.25 bits per heavy atom. The summed E-state index contributed by atoms with van der Waals surface area (Å²) >= 11 is 0. The van der Waals surface area contributed by atoms with Gasteiger partial charge in [-0.05, 0) is 12.1 Å². The lowest BCUT2D eigenvalue weighted by atomic mass is 10.2. The van der Waals surface area contributed by atoms with Gasteiger partial charge in [0.15, 0.2) is 0 Å². The molecule has 0 fully saturated rings. The number of carboxylic acid groups (broad SMARTS) is 1. The molecule has 100 valence electrons. The standard InChI is InChI=1S/C13H10N4O3/c18-11-7-17(10-4-2-1-3-9(10)16-11)13-14-5-8(6-15-13)12(19)20/h1-6H,7H2,(H,16,18)(H,19,20). The van der Waals surface area contributed by atoms with E-state index in [-0.39, 0.29) is 24.0 Å². The smallest absolute Gasteiger partial charge is 0.338 e. The summed E-state index contributed by atoms with van der Waals surface area (Å²) in [6.45, 7) is 0.0867. The third-order valence-electron chi connectivity index (χ3n) is 2.90. The number of fused-ring (bicyclic) bond motifs is 1. The summed E-state index contributed by atoms with van der Waals surface area (Å²) in [6, 6.07) is 7.28. The first-order chi connectivity index (χ1) is 9.65. The first-order valence-electron chi connectivity index (χ1n) is 5.87. The van der Waals surface area contributed by atoms with Crippen molar-refractivity contribution < 1.29 is 14.7 Å². The van der Waals surface area contributed by atoms with Gasteiger partial charge < -0.3 is 10.4 Å². The number of carbonyl (C=O) groups excluding carboxylic acids is 1. The molecule has 1 aromatic carbocycles. The second kappa shape index (κ2) is 4.61. The van der Waals surface area contributed by atoms with Crippen LogP contribution < -0.4 is 10.2 Å². The van der Waals surface area contributed by atoms with E-state index >= 15 is 0 Å². The van der Waals surface area contributed by atoms with Crippen LogP contribution >= 0.6 is 0 Å². The second-order valence-electron chi connectivity index (χ2n) is 4.23. The highest BCUT2D eigenvalue weighted by molar-refractivity contribution is 6.02. The molecular weight excluding hydrogens is 260 g/mol. The largest absolute Gasteiger partial charge is 0.478 e. The molecule has 0 saturated carbocycles. The van der Waals surface area contributed by atoms with Gasteiger partial charge in [0.25, 0.3) is 0 Å². The maximum Gasteiger partial charge on any atom is 0.338 e. The van der Waals surface area contributed by atoms with Crippen molar-refractivity contribution in [1.82, 2.24) is 9.97 Å². The summed E-state index contributed by atoms with van der Waals surface area (Å²) in [5, 5.41) is 11.6. The average molecular weight is 270 g/mol. The molecule has 1 aromatic heterocycles. The number of rotatable bonds is 2. The first-order valence-corrected chi connectivity index (χ1v) is 5.87. The van der Waals surface area contributed by atoms with Gasteiger partial charge >= 0.3 is 5.97 Å². The lowest BCUT2D eigenvalue weighted by molar-refractivity contribution is -0.115. The third kappa shape index (κ3) is 2.05. The number of nitrogens with one attached hydrogen (secondary N) is 1. The Hall–Kier alpha value is -2.96. The molecule has 20 heavy (non-hydrogen) atoms. The average Bonchev–Trinajstić information content (AvgIpc) is 2.46. The van der Waals surface area contributed by atoms with Crippen LogP contribution in [-0.4, -0.2) is 33.5 Å². The summed E-state index contributed by atoms with van der Waals surface area (Å²) in [6.07, 6.45) is 2.44. The van der Waals surface area contributed by atoms with Crippen molar-refractivity contribution in [2.24, 2.45) is 0 Å². The minimum Gasteiger partial charge on any atom is -0.478 e. The molecule has 0 spiro atoms. The van der Waals surface area contributed by atoms with E-state index in [0.717, 1.165) is 5.69 Å². The SMILES string of the molecule is O=C1CN(c2ncc(C(=O)O)cn2)c2ccccc2N1. The Morgan fingerprint density at radius 2 is 1.95 bits per heavy atom. The predicted molar refractivity (Wildman–Crippen MR) is 71.1 cm³/mol. The fourth-order valence-electron chi connectivity index (χ4n) is 1.98. The van der Waals surface area contributed by atoms with Gasteiger partial charge in [0, 0.05) is 12.4 Å². The van der Waals surface area contributed by atoms with Gasteiger partial charge in [0.1, 0.15) is 6.54 Å². The number of hydrogen-bond donors (Lipinski definition) is 2. The number of hydrogen-bond acceptors (Lipinski definition) is 5. The molecular formula is C13H10N4O3. The van der Waals surface area contributed by atoms with Crippen LogP contribution in [0.3, 0.4) is 0 Å². The number of amides is 1. The van der Waals surface area contributed by atoms with Crippen LogP contribution in [0.15, 0.2) is 36.7 Å². The predicted octanol–water partition coefficient (Wildman–Crippen LogP) is 1.26. The van der Waals surface area contributed by atoms with E-state index in [1.807, 2.05) is 18.2 Å². The fourth-order valence-corrected chi connectivity index (χ4v) is 1.98. The molecule has 7 nitrogen and oxygen atoms in total. The van der Waals surface area contributed by atoms with E-state index in [2.05, 4.69) is 15.3 Å². The molecule has 7 heteroatoms. The fraction of sp³-hybridized carbons (Fsp3) is 0.0769. The van der Waals surface area contributed by atoms with Gasteiger partial charge in [-0.2, -0.15) is 0 Å². The minimum absolute atomic E-state index is 0.00324. The molecule has 2 heterocycles. The van der Waals surface area contributed by atoms with Gasteiger partial charge in [-0.1, -0.05) is 12.1 Å². The second-order valence-corrected chi connectivity index (χ2v) is 4.23. The molecule has 2 N–H and O–H groups in total. The van der Waals surface area contributed by atoms with E-state index in [1.54, 1.807) is 11.0 Å². The highest BCUT2D eigenvalue weighted by atomic mass is 16.4. The molecule has 0 unspecified atom stereocenters. The molecule has 0 atom stereocenters. The molecule has 3 rings (SSSR count). The van der Waals surface area contributed by atoms with Gasteiger partial charge in [-0.25, -0.2) is 14.8 Å². The van der Waals surface area contributed by atoms with E-state index in [4.69, 9.17) is 5.11 Å². The van der Waals surface area contributed by atoms with Gasteiger partial charge in [0.2, 0.25) is 11.9 Å². The number of anilines is 3. The topological polar surface area (TPSA) is 95.4 Å². The zero-order chi connectivity index (χ0) is 14.1. The van der Waals surface area contributed by atoms with Crippen LogP contribution in [0.2, 0.25) is 0 Å². The molecule has 2 aromatic rings. The maximum atomic E-state index is 11.7. The summed E-state index contributed by atoms with van der Waals surface area (Å²) in [5.41, 5.74) is 1.45. The van der Waals surface area contributed by atoms with Gasteiger partial charge in [0.05, 0.1) is 16.9 Å². The summed E-state index contributed by atoms with van der Waals surface area (Å²) in [5.74, 6) is -0.972. The normalized spacial score (nSPS) is 13.6. The van der Waals surface area contributed by atoms with Crippen molar-refractivity contribution in [1.29, 1.82) is 0 Å². The number of aromatic carboxylic acids is 1. The quantitative estimate of drug-likeness (QED) is 0.853. The van der Waals surface area contributed by atoms with Crippen molar-refractivity contribution in [2.75, 3.05) is 16.8 Å². The van der Waals surface area contributed by atoms with Crippen molar-refractivity contribution in [3.63, 3.8) is 0 Å². The summed E-state index contributed by atoms with van der Waals surface area (Å²) < 4.78 is 0. The minimum atomic E-state index is -1.09. The van der Waals surface area contributed by atoms with Gasteiger partial charge in [-0.3, -0.25) is 9.69 Å². The molecule has 1 aliphatic rings. The zero-order valence-corrected chi connectivity index (χ0v) is 10.3. The van der Waals surface area contributed by atoms with Gasteiger partial charge in [-0.15, -0.1) is 0 Å². The van der Waals surface area contributed by atoms with Crippen LogP contribution in [0.4, 0.5) is 17.3 Å². The Bertz CT molecular complexity index is 684. The van der Waals surface area contributed by atoms with E-state index in [9.17, 15) is 9.59 Å². The van der Waals surface area contributed by atoms with E-state index in [0.29, 0.717) is 5.69 Å². The van der Waals surface area contributed by atoms with E-state index in [1.165, 1.54) is 12.4 Å². The lowest BCUT2D eigenvalue weighted by Gasteiger charge is -2.28. The van der Waals surface area contributed by atoms with Crippen molar-refractivity contribution >= 4 is 29.2 Å². The van der Waals surface area contributed by atoms with Crippen LogP contribution in [0.5, 0.6) is 0 Å². The van der Waals surface area contributed by atoms with Crippen LogP contribution in [-0.2, 0) is 4.79 Å². The number of aromatic nitrogens is 2. The van der Waals surface area contributed by atoms with Crippen molar-refractivity contribution in [2.45, 2.75) is 0 Å². The Balaban J connectivity index is 2.01. The Morgan fingerprint density at radius 3 is 2.65 bits per heavy atom. The maximum absolute atomic E-state index is 11.7. The molecule has 1 amide bonds. The molecule has 0 radical (unpaired) electrons. The zero-order valence-electron chi connectivity index (χ0n) is 10.3. The highest BCUT2D eigenvalue weighted by Gasteiger charge is 2.24.